The molecule has 0 unspecified atom stereocenters. The molecule has 0 fully saturated rings. The van der Waals surface area contributed by atoms with E-state index in [9.17, 15) is 13.8 Å². The SMILES string of the molecule is CCCCCCOc1cc2nc3nc4c(nc3nc2cc1OCCCCCC)C(=O)c1nc2nc3cc(OCCCCCC)c(OCCCCCC)cc3nc2nc1C4=O.CS(C)=O. The van der Waals surface area contributed by atoms with Crippen molar-refractivity contribution in [3.63, 3.8) is 0 Å². The fraction of sp³-hybridized carbons (Fsp3) is 0.542. The van der Waals surface area contributed by atoms with Crippen LogP contribution in [-0.2, 0) is 10.8 Å². The lowest BCUT2D eigenvalue weighted by molar-refractivity contribution is 0.0965. The molecule has 0 radical (unpaired) electrons. The number of hydrogen-bond donors (Lipinski definition) is 0. The summed E-state index contributed by atoms with van der Waals surface area (Å²) in [6, 6.07) is 7.16. The molecule has 2 aromatic carbocycles. The number of ketones is 2. The van der Waals surface area contributed by atoms with E-state index in [4.69, 9.17) is 38.9 Å². The van der Waals surface area contributed by atoms with Crippen LogP contribution < -0.4 is 18.9 Å². The first-order valence-corrected chi connectivity index (χ1v) is 25.0. The lowest BCUT2D eigenvalue weighted by Gasteiger charge is -2.16. The number of aromatic nitrogens is 8. The second-order valence-corrected chi connectivity index (χ2v) is 17.7. The summed E-state index contributed by atoms with van der Waals surface area (Å²) in [7, 11) is -0.611. The smallest absolute Gasteiger partial charge is 0.234 e. The first-order chi connectivity index (χ1) is 31.1. The van der Waals surface area contributed by atoms with Crippen molar-refractivity contribution in [3.05, 3.63) is 47.0 Å². The van der Waals surface area contributed by atoms with Crippen LogP contribution >= 0.6 is 0 Å². The molecule has 342 valence electrons. The number of ether oxygens (including phenoxy) is 4. The lowest BCUT2D eigenvalue weighted by atomic mass is 9.97. The van der Waals surface area contributed by atoms with Crippen LogP contribution in [0, 0.1) is 0 Å². The molecule has 0 saturated carbocycles. The van der Waals surface area contributed by atoms with Gasteiger partial charge in [0.15, 0.2) is 45.6 Å². The van der Waals surface area contributed by atoms with Gasteiger partial charge in [-0.1, -0.05) is 105 Å². The van der Waals surface area contributed by atoms with Crippen molar-refractivity contribution >= 4 is 67.0 Å². The zero-order chi connectivity index (χ0) is 45.4. The van der Waals surface area contributed by atoms with E-state index < -0.39 is 22.4 Å². The quantitative estimate of drug-likeness (QED) is 0.0411. The lowest BCUT2D eigenvalue weighted by Crippen LogP contribution is -2.27. The molecule has 16 heteroatoms. The third-order valence-corrected chi connectivity index (χ3v) is 10.6. The highest BCUT2D eigenvalue weighted by atomic mass is 32.2. The third kappa shape index (κ3) is 12.4. The molecule has 0 aliphatic heterocycles. The average Bonchev–Trinajstić information content (AvgIpc) is 3.28. The maximum absolute atomic E-state index is 14.1. The predicted octanol–water partition coefficient (Wildman–Crippen LogP) is 10.1. The summed E-state index contributed by atoms with van der Waals surface area (Å²) >= 11 is 0. The van der Waals surface area contributed by atoms with Gasteiger partial charge in [0.25, 0.3) is 0 Å². The van der Waals surface area contributed by atoms with Crippen molar-refractivity contribution < 1.29 is 32.7 Å². The largest absolute Gasteiger partial charge is 0.490 e. The van der Waals surface area contributed by atoms with Gasteiger partial charge in [-0.05, 0) is 25.7 Å². The van der Waals surface area contributed by atoms with Crippen LogP contribution in [-0.4, -0.2) is 94.6 Å². The minimum absolute atomic E-state index is 0.109. The van der Waals surface area contributed by atoms with E-state index >= 15 is 0 Å². The molecule has 0 spiro atoms. The highest BCUT2D eigenvalue weighted by molar-refractivity contribution is 7.83. The second kappa shape index (κ2) is 24.0. The molecule has 4 aromatic heterocycles. The van der Waals surface area contributed by atoms with E-state index in [1.54, 1.807) is 36.8 Å². The number of nitrogens with zero attached hydrogens (tertiary/aromatic N) is 8. The van der Waals surface area contributed by atoms with Gasteiger partial charge < -0.3 is 18.9 Å². The van der Waals surface area contributed by atoms with E-state index in [-0.39, 0.29) is 45.4 Å². The van der Waals surface area contributed by atoms with E-state index in [1.807, 2.05) is 0 Å². The molecule has 6 aromatic rings. The van der Waals surface area contributed by atoms with E-state index in [0.29, 0.717) is 71.5 Å². The van der Waals surface area contributed by atoms with E-state index in [2.05, 4.69) is 47.6 Å². The minimum atomic E-state index is -0.613. The summed E-state index contributed by atoms with van der Waals surface area (Å²) in [4.78, 5) is 65.2. The van der Waals surface area contributed by atoms with Crippen LogP contribution in [0.2, 0.25) is 0 Å². The molecule has 0 bridgehead atoms. The fourth-order valence-electron chi connectivity index (χ4n) is 7.18. The molecule has 1 aliphatic rings. The number of hydrogen-bond acceptors (Lipinski definition) is 15. The van der Waals surface area contributed by atoms with Gasteiger partial charge >= 0.3 is 0 Å². The topological polar surface area (TPSA) is 191 Å². The van der Waals surface area contributed by atoms with Crippen molar-refractivity contribution in [1.82, 2.24) is 39.9 Å². The summed E-state index contributed by atoms with van der Waals surface area (Å²) in [6.07, 6.45) is 20.4. The van der Waals surface area contributed by atoms with Crippen LogP contribution in [0.3, 0.4) is 0 Å². The van der Waals surface area contributed by atoms with Crippen molar-refractivity contribution in [2.45, 2.75) is 130 Å². The Kier molecular flexibility index (Phi) is 18.0. The molecule has 1 aliphatic carbocycles. The molecule has 15 nitrogen and oxygen atoms in total. The van der Waals surface area contributed by atoms with Gasteiger partial charge in [-0.2, -0.15) is 0 Å². The first-order valence-electron chi connectivity index (χ1n) is 23.1. The highest BCUT2D eigenvalue weighted by Gasteiger charge is 2.37. The third-order valence-electron chi connectivity index (χ3n) is 10.6. The van der Waals surface area contributed by atoms with Crippen molar-refractivity contribution in [3.8, 4) is 23.0 Å². The summed E-state index contributed by atoms with van der Waals surface area (Å²) in [5.41, 5.74) is 1.74. The Morgan fingerprint density at radius 1 is 0.375 bits per heavy atom. The Hall–Kier alpha value is -5.51. The van der Waals surface area contributed by atoms with Crippen molar-refractivity contribution in [1.29, 1.82) is 0 Å². The minimum Gasteiger partial charge on any atom is -0.490 e. The first kappa shape index (κ1) is 48.0. The standard InChI is InChI=1S/C46H56N8O6.C2H6OS/c1-5-9-13-17-21-57-33-25-29-30(26-34(33)58-22-18-14-10-6-2)48-44-43(47-29)51-37-38(52-44)42(56)40-39(41(37)55)53-45-46(54-40)50-32-28-36(60-24-20-16-12-8-4)35(27-31(32)49-45)59-23-19-15-11-7-3;1-4(2)3/h25-28H,5-24H2,1-4H3;1-2H3. The summed E-state index contributed by atoms with van der Waals surface area (Å²) in [6.45, 7) is 10.9. The zero-order valence-corrected chi connectivity index (χ0v) is 39.1. The average molecular weight is 895 g/mol. The predicted molar refractivity (Wildman–Crippen MR) is 251 cm³/mol. The van der Waals surface area contributed by atoms with Gasteiger partial charge in [0.05, 0.1) is 48.5 Å². The Bertz CT molecular complexity index is 2250. The fourth-order valence-corrected chi connectivity index (χ4v) is 7.18. The van der Waals surface area contributed by atoms with Gasteiger partial charge in [0, 0.05) is 47.6 Å². The Balaban J connectivity index is 0.00000163. The van der Waals surface area contributed by atoms with Crippen LogP contribution in [0.5, 0.6) is 23.0 Å². The number of benzene rings is 2. The summed E-state index contributed by atoms with van der Waals surface area (Å²) in [5.74, 6) is 1.06. The monoisotopic (exact) mass is 894 g/mol. The van der Waals surface area contributed by atoms with E-state index in [0.717, 1.165) is 103 Å². The van der Waals surface area contributed by atoms with E-state index in [1.165, 1.54) is 0 Å². The van der Waals surface area contributed by atoms with Crippen LogP contribution in [0.15, 0.2) is 24.3 Å². The molecule has 0 N–H and O–H groups in total. The molecule has 4 heterocycles. The number of carbonyl (C=O) groups excluding carboxylic acids is 2. The summed E-state index contributed by atoms with van der Waals surface area (Å²) in [5, 5.41) is 0. The zero-order valence-electron chi connectivity index (χ0n) is 38.3. The number of rotatable bonds is 24. The Morgan fingerprint density at radius 3 is 0.797 bits per heavy atom. The molecular formula is C48H62N8O7S. The molecular weight excluding hydrogens is 833 g/mol. The normalized spacial score (nSPS) is 12.2. The number of unbranched alkanes of at least 4 members (excludes halogenated alkanes) is 12. The van der Waals surface area contributed by atoms with Gasteiger partial charge in [-0.15, -0.1) is 0 Å². The highest BCUT2D eigenvalue weighted by Crippen LogP contribution is 2.35. The Labute approximate surface area is 377 Å². The van der Waals surface area contributed by atoms with Crippen LogP contribution in [0.25, 0.3) is 44.7 Å². The summed E-state index contributed by atoms with van der Waals surface area (Å²) < 4.78 is 34.4. The molecule has 0 saturated heterocycles. The van der Waals surface area contributed by atoms with Gasteiger partial charge in [-0.25, -0.2) is 39.9 Å². The van der Waals surface area contributed by atoms with Crippen LogP contribution in [0.4, 0.5) is 0 Å². The molecule has 0 amide bonds. The van der Waals surface area contributed by atoms with Gasteiger partial charge in [0.1, 0.15) is 22.8 Å². The van der Waals surface area contributed by atoms with Crippen molar-refractivity contribution in [2.75, 3.05) is 38.9 Å². The molecule has 7 rings (SSSR count). The molecule has 0 atom stereocenters. The van der Waals surface area contributed by atoms with Gasteiger partial charge in [-0.3, -0.25) is 13.8 Å². The van der Waals surface area contributed by atoms with Crippen molar-refractivity contribution in [2.24, 2.45) is 0 Å². The number of carbonyl (C=O) groups is 2. The maximum Gasteiger partial charge on any atom is 0.234 e. The maximum atomic E-state index is 14.1. The van der Waals surface area contributed by atoms with Crippen LogP contribution in [0.1, 0.15) is 163 Å². The number of fused-ring (bicyclic) bond motifs is 6. The Morgan fingerprint density at radius 2 is 0.594 bits per heavy atom. The second-order valence-electron chi connectivity index (χ2n) is 16.2. The molecule has 64 heavy (non-hydrogen) atoms. The van der Waals surface area contributed by atoms with Gasteiger partial charge in [0.2, 0.25) is 11.6 Å².